The summed E-state index contributed by atoms with van der Waals surface area (Å²) in [7, 11) is 3.10. The van der Waals surface area contributed by atoms with Crippen LogP contribution in [0.4, 0.5) is 17.6 Å². The number of H-pyrrole nitrogens is 1. The fourth-order valence-corrected chi connectivity index (χ4v) is 3.17. The topological polar surface area (TPSA) is 137 Å². The van der Waals surface area contributed by atoms with Crippen LogP contribution in [0.2, 0.25) is 0 Å². The number of ether oxygens (including phenoxy) is 3. The zero-order chi connectivity index (χ0) is 22.7. The fraction of sp³-hybridized carbons (Fsp3) is 0.182. The molecule has 4 aromatic rings. The molecule has 0 saturated heterocycles. The van der Waals surface area contributed by atoms with E-state index in [4.69, 9.17) is 19.9 Å². The molecule has 0 amide bonds. The molecule has 0 saturated carbocycles. The Labute approximate surface area is 183 Å². The van der Waals surface area contributed by atoms with E-state index in [9.17, 15) is 4.79 Å². The molecule has 0 unspecified atom stereocenters. The standard InChI is InChI=1S/C22H22N6O4/c1-12-6-4-5-7-15(12)25-22-27-18(26-21(23)28-22)11-32-20(29)16-9-13-8-14(30-2)10-17(31-3)19(13)24-16/h4-10,24H,11H2,1-3H3,(H3,23,25,26,27,28). The van der Waals surface area contributed by atoms with Crippen LogP contribution in [-0.4, -0.2) is 40.1 Å². The Morgan fingerprint density at radius 1 is 1.09 bits per heavy atom. The van der Waals surface area contributed by atoms with Crippen molar-refractivity contribution in [1.29, 1.82) is 0 Å². The molecule has 0 aliphatic rings. The molecule has 4 rings (SSSR count). The first kappa shape index (κ1) is 20.9. The van der Waals surface area contributed by atoms with Crippen LogP contribution in [0.15, 0.2) is 42.5 Å². The highest BCUT2D eigenvalue weighted by atomic mass is 16.5. The van der Waals surface area contributed by atoms with Gasteiger partial charge in [0.1, 0.15) is 17.2 Å². The zero-order valence-electron chi connectivity index (χ0n) is 17.8. The smallest absolute Gasteiger partial charge is 0.355 e. The predicted molar refractivity (Wildman–Crippen MR) is 119 cm³/mol. The number of rotatable bonds is 7. The Bertz CT molecular complexity index is 1290. The van der Waals surface area contributed by atoms with Crippen LogP contribution in [0, 0.1) is 6.92 Å². The van der Waals surface area contributed by atoms with Gasteiger partial charge in [-0.1, -0.05) is 18.2 Å². The lowest BCUT2D eigenvalue weighted by atomic mass is 10.2. The molecule has 2 heterocycles. The minimum Gasteiger partial charge on any atom is -0.497 e. The normalized spacial score (nSPS) is 10.7. The lowest BCUT2D eigenvalue weighted by Gasteiger charge is -2.09. The van der Waals surface area contributed by atoms with Crippen LogP contribution in [0.5, 0.6) is 11.5 Å². The molecule has 0 bridgehead atoms. The largest absolute Gasteiger partial charge is 0.497 e. The molecule has 0 fully saturated rings. The number of carbonyl (C=O) groups excluding carboxylic acids is 1. The van der Waals surface area contributed by atoms with E-state index >= 15 is 0 Å². The van der Waals surface area contributed by atoms with Gasteiger partial charge in [-0.15, -0.1) is 0 Å². The van der Waals surface area contributed by atoms with Crippen LogP contribution in [0.25, 0.3) is 10.9 Å². The summed E-state index contributed by atoms with van der Waals surface area (Å²) in [5.41, 5.74) is 8.58. The molecular weight excluding hydrogens is 412 g/mol. The van der Waals surface area contributed by atoms with Gasteiger partial charge in [-0.05, 0) is 30.7 Å². The molecule has 0 radical (unpaired) electrons. The number of nitrogen functional groups attached to an aromatic ring is 1. The number of hydrogen-bond acceptors (Lipinski definition) is 9. The lowest BCUT2D eigenvalue weighted by molar-refractivity contribution is 0.0456. The van der Waals surface area contributed by atoms with Gasteiger partial charge >= 0.3 is 5.97 Å². The highest BCUT2D eigenvalue weighted by Crippen LogP contribution is 2.31. The highest BCUT2D eigenvalue weighted by Gasteiger charge is 2.16. The third-order valence-corrected chi connectivity index (χ3v) is 4.76. The third-order valence-electron chi connectivity index (χ3n) is 4.76. The predicted octanol–water partition coefficient (Wildman–Crippen LogP) is 3.36. The second kappa shape index (κ2) is 8.80. The Kier molecular flexibility index (Phi) is 5.75. The molecule has 32 heavy (non-hydrogen) atoms. The second-order valence-electron chi connectivity index (χ2n) is 6.93. The molecule has 10 nitrogen and oxygen atoms in total. The molecule has 2 aromatic carbocycles. The van der Waals surface area contributed by atoms with Crippen molar-refractivity contribution >= 4 is 34.5 Å². The number of nitrogens with zero attached hydrogens (tertiary/aromatic N) is 3. The summed E-state index contributed by atoms with van der Waals surface area (Å²) < 4.78 is 16.0. The number of aromatic amines is 1. The number of aryl methyl sites for hydroxylation is 1. The highest BCUT2D eigenvalue weighted by molar-refractivity contribution is 5.97. The van der Waals surface area contributed by atoms with Gasteiger partial charge in [0.05, 0.1) is 19.7 Å². The number of hydrogen-bond donors (Lipinski definition) is 3. The van der Waals surface area contributed by atoms with Crippen molar-refractivity contribution in [3.05, 3.63) is 59.5 Å². The second-order valence-corrected chi connectivity index (χ2v) is 6.93. The SMILES string of the molecule is COc1cc(OC)c2[nH]c(C(=O)OCc3nc(N)nc(Nc4ccccc4C)n3)cc2c1. The van der Waals surface area contributed by atoms with Gasteiger partial charge in [-0.3, -0.25) is 0 Å². The van der Waals surface area contributed by atoms with Crippen LogP contribution in [-0.2, 0) is 11.3 Å². The number of esters is 1. The zero-order valence-corrected chi connectivity index (χ0v) is 17.8. The van der Waals surface area contributed by atoms with Gasteiger partial charge < -0.3 is 30.2 Å². The lowest BCUT2D eigenvalue weighted by Crippen LogP contribution is -2.11. The summed E-state index contributed by atoms with van der Waals surface area (Å²) in [6, 6.07) is 12.9. The number of nitrogens with two attached hydrogens (primary N) is 1. The van der Waals surface area contributed by atoms with Gasteiger partial charge in [0, 0.05) is 17.1 Å². The Balaban J connectivity index is 1.50. The van der Waals surface area contributed by atoms with Gasteiger partial charge in [-0.2, -0.15) is 15.0 Å². The van der Waals surface area contributed by atoms with Crippen molar-refractivity contribution < 1.29 is 19.0 Å². The average Bonchev–Trinajstić information content (AvgIpc) is 3.22. The summed E-state index contributed by atoms with van der Waals surface area (Å²) >= 11 is 0. The van der Waals surface area contributed by atoms with E-state index in [1.807, 2.05) is 31.2 Å². The van der Waals surface area contributed by atoms with E-state index in [1.54, 1.807) is 32.4 Å². The van der Waals surface area contributed by atoms with Crippen LogP contribution >= 0.6 is 0 Å². The summed E-state index contributed by atoms with van der Waals surface area (Å²) in [6.45, 7) is 1.78. The molecule has 4 N–H and O–H groups in total. The minimum absolute atomic E-state index is 0.0181. The van der Waals surface area contributed by atoms with Crippen molar-refractivity contribution in [3.8, 4) is 11.5 Å². The third kappa shape index (κ3) is 4.38. The molecule has 10 heteroatoms. The number of carbonyl (C=O) groups is 1. The number of para-hydroxylation sites is 1. The van der Waals surface area contributed by atoms with Crippen LogP contribution in [0.1, 0.15) is 21.9 Å². The molecule has 164 valence electrons. The first-order valence-corrected chi connectivity index (χ1v) is 9.71. The van der Waals surface area contributed by atoms with Gasteiger partial charge in [0.2, 0.25) is 11.9 Å². The first-order chi connectivity index (χ1) is 15.5. The Hall–Kier alpha value is -4.34. The van der Waals surface area contributed by atoms with E-state index in [0.29, 0.717) is 17.0 Å². The monoisotopic (exact) mass is 434 g/mol. The summed E-state index contributed by atoms with van der Waals surface area (Å²) in [6.07, 6.45) is 0. The molecular formula is C22H22N6O4. The first-order valence-electron chi connectivity index (χ1n) is 9.71. The number of fused-ring (bicyclic) bond motifs is 1. The molecule has 0 aliphatic heterocycles. The molecule has 2 aromatic heterocycles. The number of methoxy groups -OCH3 is 2. The van der Waals surface area contributed by atoms with Gasteiger partial charge in [0.25, 0.3) is 0 Å². The van der Waals surface area contributed by atoms with E-state index in [0.717, 1.165) is 16.6 Å². The maximum Gasteiger partial charge on any atom is 0.355 e. The van der Waals surface area contributed by atoms with Crippen molar-refractivity contribution in [3.63, 3.8) is 0 Å². The van der Waals surface area contributed by atoms with Gasteiger partial charge in [0.15, 0.2) is 12.4 Å². The molecule has 0 aliphatic carbocycles. The van der Waals surface area contributed by atoms with E-state index < -0.39 is 5.97 Å². The summed E-state index contributed by atoms with van der Waals surface area (Å²) in [4.78, 5) is 28.1. The van der Waals surface area contributed by atoms with Gasteiger partial charge in [-0.25, -0.2) is 4.79 Å². The maximum atomic E-state index is 12.6. The Morgan fingerprint density at radius 2 is 1.91 bits per heavy atom. The number of nitrogens with one attached hydrogen (secondary N) is 2. The van der Waals surface area contributed by atoms with Crippen molar-refractivity contribution in [2.45, 2.75) is 13.5 Å². The van der Waals surface area contributed by atoms with E-state index in [2.05, 4.69) is 25.3 Å². The maximum absolute atomic E-state index is 12.6. The summed E-state index contributed by atoms with van der Waals surface area (Å²) in [5, 5.41) is 3.85. The van der Waals surface area contributed by atoms with Crippen molar-refractivity contribution in [2.24, 2.45) is 0 Å². The fourth-order valence-electron chi connectivity index (χ4n) is 3.17. The van der Waals surface area contributed by atoms with E-state index in [-0.39, 0.29) is 30.0 Å². The van der Waals surface area contributed by atoms with Crippen molar-refractivity contribution in [1.82, 2.24) is 19.9 Å². The van der Waals surface area contributed by atoms with Crippen molar-refractivity contribution in [2.75, 3.05) is 25.3 Å². The van der Waals surface area contributed by atoms with Crippen LogP contribution in [0.3, 0.4) is 0 Å². The number of aromatic nitrogens is 4. The quantitative estimate of drug-likeness (QED) is 0.374. The molecule has 0 atom stereocenters. The van der Waals surface area contributed by atoms with E-state index in [1.165, 1.54) is 0 Å². The van der Waals surface area contributed by atoms with Crippen LogP contribution < -0.4 is 20.5 Å². The Morgan fingerprint density at radius 3 is 2.66 bits per heavy atom. The number of anilines is 3. The number of benzene rings is 2. The summed E-state index contributed by atoms with van der Waals surface area (Å²) in [5.74, 6) is 1.09. The average molecular weight is 434 g/mol. The molecule has 0 spiro atoms. The minimum atomic E-state index is -0.574.